The van der Waals surface area contributed by atoms with Gasteiger partial charge in [-0.3, -0.25) is 9.13 Å². The van der Waals surface area contributed by atoms with Crippen molar-refractivity contribution in [2.45, 2.75) is 0 Å². The molecule has 0 amide bonds. The third-order valence-electron chi connectivity index (χ3n) is 9.18. The number of furan rings is 1. The monoisotopic (exact) mass is 608 g/mol. The Morgan fingerprint density at radius 2 is 1.19 bits per heavy atom. The maximum atomic E-state index is 12.6. The van der Waals surface area contributed by atoms with Crippen molar-refractivity contribution in [1.29, 1.82) is 0 Å². The zero-order valence-corrected chi connectivity index (χ0v) is 25.8. The quantitative estimate of drug-likeness (QED) is 0.200. The zero-order chi connectivity index (χ0) is 31.6. The number of benzene rings is 6. The number of aryl methyl sites for hydroxylation is 2. The maximum absolute atomic E-state index is 12.6. The number of fused-ring (bicyclic) bond motifs is 6. The van der Waals surface area contributed by atoms with Crippen LogP contribution in [-0.4, -0.2) is 19.1 Å². The second-order valence-electron chi connectivity index (χ2n) is 12.0. The van der Waals surface area contributed by atoms with Gasteiger partial charge in [-0.25, -0.2) is 14.8 Å². The Labute approximate surface area is 269 Å². The molecule has 6 nitrogen and oxygen atoms in total. The summed E-state index contributed by atoms with van der Waals surface area (Å²) in [6, 6.07) is 45.6. The molecule has 0 saturated carbocycles. The van der Waals surface area contributed by atoms with Crippen molar-refractivity contribution in [3.05, 3.63) is 144 Å². The molecule has 9 aromatic rings. The number of rotatable bonds is 4. The van der Waals surface area contributed by atoms with Crippen molar-refractivity contribution in [2.75, 3.05) is 0 Å². The van der Waals surface area contributed by atoms with Crippen LogP contribution in [0.2, 0.25) is 0 Å². The Morgan fingerprint density at radius 3 is 2.04 bits per heavy atom. The Hall–Kier alpha value is -6.27. The molecule has 6 aromatic carbocycles. The lowest BCUT2D eigenvalue weighted by Gasteiger charge is -2.11. The molecule has 0 atom stereocenters. The SMILES string of the molecule is Cn1c(=O)n(C)c2cc(-c3cccc(-c4cc(-c5ccc6oc7c8ccccc8ccc7c6c5)nc(-c5ccccc5)n4)c3)ccc21. The van der Waals surface area contributed by atoms with E-state index in [1.54, 1.807) is 16.2 Å². The summed E-state index contributed by atoms with van der Waals surface area (Å²) >= 11 is 0. The van der Waals surface area contributed by atoms with E-state index in [-0.39, 0.29) is 5.69 Å². The minimum atomic E-state index is -0.0391. The maximum Gasteiger partial charge on any atom is 0.328 e. The molecule has 3 aromatic heterocycles. The van der Waals surface area contributed by atoms with Gasteiger partial charge in [0.15, 0.2) is 5.82 Å². The Kier molecular flexibility index (Phi) is 5.99. The first-order valence-corrected chi connectivity index (χ1v) is 15.6. The van der Waals surface area contributed by atoms with E-state index in [4.69, 9.17) is 14.4 Å². The van der Waals surface area contributed by atoms with E-state index in [9.17, 15) is 4.79 Å². The number of imidazole rings is 1. The molecule has 0 aliphatic carbocycles. The molecule has 0 fully saturated rings. The Bertz CT molecular complexity index is 2730. The normalized spacial score (nSPS) is 11.7. The number of hydrogen-bond acceptors (Lipinski definition) is 4. The van der Waals surface area contributed by atoms with Gasteiger partial charge >= 0.3 is 5.69 Å². The Balaban J connectivity index is 1.20. The summed E-state index contributed by atoms with van der Waals surface area (Å²) < 4.78 is 9.75. The van der Waals surface area contributed by atoms with Crippen LogP contribution in [0, 0.1) is 0 Å². The minimum absolute atomic E-state index is 0.0391. The van der Waals surface area contributed by atoms with Crippen molar-refractivity contribution in [3.63, 3.8) is 0 Å². The van der Waals surface area contributed by atoms with E-state index in [0.717, 1.165) is 82.9 Å². The second-order valence-corrected chi connectivity index (χ2v) is 12.0. The van der Waals surface area contributed by atoms with E-state index in [0.29, 0.717) is 5.82 Å². The van der Waals surface area contributed by atoms with Crippen LogP contribution in [0.1, 0.15) is 0 Å². The molecule has 3 heterocycles. The van der Waals surface area contributed by atoms with Crippen molar-refractivity contribution >= 4 is 43.7 Å². The van der Waals surface area contributed by atoms with Crippen LogP contribution in [0.3, 0.4) is 0 Å². The number of hydrogen-bond donors (Lipinski definition) is 0. The minimum Gasteiger partial charge on any atom is -0.455 e. The molecule has 0 radical (unpaired) electrons. The molecule has 0 saturated heterocycles. The topological polar surface area (TPSA) is 65.8 Å². The highest BCUT2D eigenvalue weighted by Gasteiger charge is 2.16. The fourth-order valence-electron chi connectivity index (χ4n) is 6.67. The third-order valence-corrected chi connectivity index (χ3v) is 9.18. The van der Waals surface area contributed by atoms with Crippen LogP contribution in [0.5, 0.6) is 0 Å². The molecule has 47 heavy (non-hydrogen) atoms. The van der Waals surface area contributed by atoms with Crippen molar-refractivity contribution in [2.24, 2.45) is 14.1 Å². The Morgan fingerprint density at radius 1 is 0.511 bits per heavy atom. The molecule has 0 bridgehead atoms. The number of aromatic nitrogens is 4. The highest BCUT2D eigenvalue weighted by molar-refractivity contribution is 6.15. The van der Waals surface area contributed by atoms with E-state index in [1.807, 2.05) is 61.6 Å². The third kappa shape index (κ3) is 4.37. The lowest BCUT2D eigenvalue weighted by atomic mass is 9.99. The summed E-state index contributed by atoms with van der Waals surface area (Å²) in [7, 11) is 3.61. The smallest absolute Gasteiger partial charge is 0.328 e. The van der Waals surface area contributed by atoms with Crippen LogP contribution < -0.4 is 5.69 Å². The summed E-state index contributed by atoms with van der Waals surface area (Å²) in [5.41, 5.74) is 10.1. The zero-order valence-electron chi connectivity index (χ0n) is 25.8. The summed E-state index contributed by atoms with van der Waals surface area (Å²) in [5.74, 6) is 0.660. The van der Waals surface area contributed by atoms with Gasteiger partial charge in [-0.15, -0.1) is 0 Å². The molecule has 0 spiro atoms. The summed E-state index contributed by atoms with van der Waals surface area (Å²) in [6.07, 6.45) is 0. The van der Waals surface area contributed by atoms with Gasteiger partial charge in [0, 0.05) is 46.9 Å². The highest BCUT2D eigenvalue weighted by atomic mass is 16.3. The van der Waals surface area contributed by atoms with Gasteiger partial charge in [0.1, 0.15) is 11.2 Å². The van der Waals surface area contributed by atoms with Crippen molar-refractivity contribution in [1.82, 2.24) is 19.1 Å². The van der Waals surface area contributed by atoms with Gasteiger partial charge in [-0.1, -0.05) is 84.9 Å². The molecule has 224 valence electrons. The van der Waals surface area contributed by atoms with Gasteiger partial charge in [-0.05, 0) is 65.0 Å². The molecule has 9 rings (SSSR count). The lowest BCUT2D eigenvalue weighted by Crippen LogP contribution is -2.19. The first kappa shape index (κ1) is 27.1. The predicted octanol–water partition coefficient (Wildman–Crippen LogP) is 9.39. The fourth-order valence-corrected chi connectivity index (χ4v) is 6.67. The van der Waals surface area contributed by atoms with E-state index in [2.05, 4.69) is 78.9 Å². The fraction of sp³-hybridized carbons (Fsp3) is 0.0488. The molecule has 0 aliphatic heterocycles. The molecule has 0 N–H and O–H groups in total. The molecule has 0 unspecified atom stereocenters. The van der Waals surface area contributed by atoms with Gasteiger partial charge in [0.2, 0.25) is 0 Å². The lowest BCUT2D eigenvalue weighted by molar-refractivity contribution is 0.672. The first-order valence-electron chi connectivity index (χ1n) is 15.6. The van der Waals surface area contributed by atoms with E-state index < -0.39 is 0 Å². The van der Waals surface area contributed by atoms with E-state index >= 15 is 0 Å². The van der Waals surface area contributed by atoms with Crippen LogP contribution in [0.15, 0.2) is 143 Å². The molecule has 0 aliphatic rings. The molecular weight excluding hydrogens is 580 g/mol. The molecule has 6 heteroatoms. The van der Waals surface area contributed by atoms with Gasteiger partial charge < -0.3 is 4.42 Å². The van der Waals surface area contributed by atoms with Gasteiger partial charge in [-0.2, -0.15) is 0 Å². The van der Waals surface area contributed by atoms with Crippen LogP contribution >= 0.6 is 0 Å². The molecular formula is C41H28N4O2. The number of nitrogens with zero attached hydrogens (tertiary/aromatic N) is 4. The highest BCUT2D eigenvalue weighted by Crippen LogP contribution is 2.37. The second kappa shape index (κ2) is 10.4. The van der Waals surface area contributed by atoms with Crippen molar-refractivity contribution in [3.8, 4) is 45.0 Å². The first-order chi connectivity index (χ1) is 23.0. The average Bonchev–Trinajstić information content (AvgIpc) is 3.62. The van der Waals surface area contributed by atoms with Gasteiger partial charge in [0.25, 0.3) is 0 Å². The average molecular weight is 609 g/mol. The van der Waals surface area contributed by atoms with Gasteiger partial charge in [0.05, 0.1) is 22.4 Å². The van der Waals surface area contributed by atoms with Crippen LogP contribution in [0.4, 0.5) is 0 Å². The van der Waals surface area contributed by atoms with E-state index in [1.165, 1.54) is 0 Å². The summed E-state index contributed by atoms with van der Waals surface area (Å²) in [6.45, 7) is 0. The van der Waals surface area contributed by atoms with Crippen LogP contribution in [0.25, 0.3) is 88.8 Å². The van der Waals surface area contributed by atoms with Crippen LogP contribution in [-0.2, 0) is 14.1 Å². The standard InChI is InChI=1S/C41H28N4O2/c1-44-36-19-16-28(23-37(36)45(2)41(44)46)27-12-8-13-29(21-27)34-24-35(43-40(42-34)26-10-4-3-5-11-26)30-17-20-38-33(22-30)32-18-15-25-9-6-7-14-31(25)39(32)47-38/h3-24H,1-2H3. The summed E-state index contributed by atoms with van der Waals surface area (Å²) in [4.78, 5) is 22.7. The summed E-state index contributed by atoms with van der Waals surface area (Å²) in [5, 5.41) is 4.39. The predicted molar refractivity (Wildman–Crippen MR) is 190 cm³/mol. The largest absolute Gasteiger partial charge is 0.455 e. The van der Waals surface area contributed by atoms with Crippen molar-refractivity contribution < 1.29 is 4.42 Å².